The fraction of sp³-hybridized carbons (Fsp3) is 0.400. The van der Waals surface area contributed by atoms with E-state index < -0.39 is 29.3 Å². The predicted octanol–water partition coefficient (Wildman–Crippen LogP) is 1.32. The van der Waals surface area contributed by atoms with Gasteiger partial charge in [-0.15, -0.1) is 0 Å². The van der Waals surface area contributed by atoms with Crippen molar-refractivity contribution < 1.29 is 29.3 Å². The second-order valence-corrected chi connectivity index (χ2v) is 9.37. The van der Waals surface area contributed by atoms with Crippen LogP contribution in [0.25, 0.3) is 0 Å². The summed E-state index contributed by atoms with van der Waals surface area (Å²) < 4.78 is 5.10. The van der Waals surface area contributed by atoms with E-state index in [4.69, 9.17) is 4.74 Å². The lowest BCUT2D eigenvalue weighted by Gasteiger charge is -2.30. The zero-order valence-electron chi connectivity index (χ0n) is 19.2. The molecule has 9 heteroatoms. The number of hydrogen-bond donors (Lipinski definition) is 4. The number of imide groups is 1. The van der Waals surface area contributed by atoms with E-state index in [2.05, 4.69) is 10.6 Å². The van der Waals surface area contributed by atoms with Gasteiger partial charge in [0.05, 0.1) is 25.0 Å². The molecule has 0 radical (unpaired) electrons. The first-order valence-corrected chi connectivity index (χ1v) is 11.2. The highest BCUT2D eigenvalue weighted by Gasteiger charge is 2.70. The number of hydrogen-bond acceptors (Lipinski definition) is 7. The molecule has 4 atom stereocenters. The molecule has 178 valence electrons. The largest absolute Gasteiger partial charge is 0.504 e. The number of aryl methyl sites for hydroxylation is 2. The van der Waals surface area contributed by atoms with E-state index in [0.717, 1.165) is 11.1 Å². The Kier molecular flexibility index (Phi) is 5.14. The number of rotatable bonds is 5. The Morgan fingerprint density at radius 2 is 1.82 bits per heavy atom. The highest BCUT2D eigenvalue weighted by atomic mass is 16.5. The van der Waals surface area contributed by atoms with Crippen molar-refractivity contribution in [2.24, 2.45) is 11.8 Å². The summed E-state index contributed by atoms with van der Waals surface area (Å²) in [6.07, 6.45) is 0.279. The van der Waals surface area contributed by atoms with Crippen LogP contribution >= 0.6 is 0 Å². The second-order valence-electron chi connectivity index (χ2n) is 9.37. The average Bonchev–Trinajstić information content (AvgIpc) is 3.35. The number of methoxy groups -OCH3 is 1. The monoisotopic (exact) mass is 465 g/mol. The third kappa shape index (κ3) is 3.04. The van der Waals surface area contributed by atoms with Crippen LogP contribution in [0.5, 0.6) is 11.5 Å². The van der Waals surface area contributed by atoms with Crippen molar-refractivity contribution in [2.45, 2.75) is 31.8 Å². The van der Waals surface area contributed by atoms with E-state index in [0.29, 0.717) is 16.8 Å². The van der Waals surface area contributed by atoms with E-state index in [1.807, 2.05) is 26.0 Å². The Balaban J connectivity index is 1.63. The number of ether oxygens (including phenoxy) is 1. The molecule has 3 aliphatic heterocycles. The van der Waals surface area contributed by atoms with Crippen molar-refractivity contribution in [2.75, 3.05) is 25.6 Å². The minimum Gasteiger partial charge on any atom is -0.504 e. The number of fused-ring (bicyclic) bond motifs is 4. The van der Waals surface area contributed by atoms with Crippen LogP contribution < -0.4 is 10.6 Å². The molecule has 0 aliphatic carbocycles. The Morgan fingerprint density at radius 3 is 2.53 bits per heavy atom. The molecule has 0 unspecified atom stereocenters. The third-order valence-electron chi connectivity index (χ3n) is 7.27. The van der Waals surface area contributed by atoms with Crippen molar-refractivity contribution >= 4 is 23.4 Å². The molecule has 5 rings (SSSR count). The van der Waals surface area contributed by atoms with E-state index in [1.54, 1.807) is 6.07 Å². The number of carbonyl (C=O) groups is 3. The Labute approximate surface area is 196 Å². The van der Waals surface area contributed by atoms with Gasteiger partial charge in [0.15, 0.2) is 11.5 Å². The van der Waals surface area contributed by atoms with Crippen LogP contribution in [0, 0.1) is 25.7 Å². The molecule has 3 aliphatic rings. The highest BCUT2D eigenvalue weighted by Crippen LogP contribution is 2.54. The number of likely N-dealkylation sites (tertiary alicyclic amines) is 1. The van der Waals surface area contributed by atoms with Crippen molar-refractivity contribution in [1.29, 1.82) is 0 Å². The summed E-state index contributed by atoms with van der Waals surface area (Å²) in [5.41, 5.74) is 2.47. The molecule has 2 fully saturated rings. The highest BCUT2D eigenvalue weighted by molar-refractivity contribution is 6.15. The van der Waals surface area contributed by atoms with Crippen molar-refractivity contribution in [3.05, 3.63) is 52.6 Å². The molecule has 4 N–H and O–H groups in total. The molecule has 0 saturated carbocycles. The summed E-state index contributed by atoms with van der Waals surface area (Å²) in [4.78, 5) is 41.9. The van der Waals surface area contributed by atoms with Gasteiger partial charge < -0.3 is 20.3 Å². The quantitative estimate of drug-likeness (QED) is 0.387. The molecule has 3 heterocycles. The van der Waals surface area contributed by atoms with Crippen molar-refractivity contribution in [3.8, 4) is 11.5 Å². The molecular formula is C25H27N3O6. The summed E-state index contributed by atoms with van der Waals surface area (Å²) in [7, 11) is 1.50. The normalized spacial score (nSPS) is 27.4. The van der Waals surface area contributed by atoms with Gasteiger partial charge in [0.2, 0.25) is 17.7 Å². The summed E-state index contributed by atoms with van der Waals surface area (Å²) in [6, 6.07) is 7.78. The predicted molar refractivity (Wildman–Crippen MR) is 122 cm³/mol. The maximum absolute atomic E-state index is 13.6. The van der Waals surface area contributed by atoms with Crippen molar-refractivity contribution in [3.63, 3.8) is 0 Å². The first kappa shape index (κ1) is 22.4. The lowest BCUT2D eigenvalue weighted by Crippen LogP contribution is -2.53. The van der Waals surface area contributed by atoms with Gasteiger partial charge in [0, 0.05) is 24.4 Å². The summed E-state index contributed by atoms with van der Waals surface area (Å²) in [6.45, 7) is 4.15. The van der Waals surface area contributed by atoms with Gasteiger partial charge in [-0.1, -0.05) is 23.8 Å². The summed E-state index contributed by atoms with van der Waals surface area (Å²) in [5, 5.41) is 26.0. The van der Waals surface area contributed by atoms with E-state index in [1.165, 1.54) is 24.1 Å². The van der Waals surface area contributed by atoms with Gasteiger partial charge in [0.25, 0.3) is 0 Å². The second kappa shape index (κ2) is 7.82. The Bertz CT molecular complexity index is 1230. The molecule has 1 spiro atoms. The molecule has 34 heavy (non-hydrogen) atoms. The number of nitrogens with one attached hydrogen (secondary N) is 2. The number of phenols is 2. The fourth-order valence-corrected chi connectivity index (χ4v) is 5.85. The number of carbonyl (C=O) groups excluding carboxylic acids is 3. The summed E-state index contributed by atoms with van der Waals surface area (Å²) in [5.74, 6) is -3.27. The van der Waals surface area contributed by atoms with Crippen LogP contribution in [-0.4, -0.2) is 59.1 Å². The standard InChI is InChI=1S/C25H27N3O6/c1-12-8-13(2)21-15(9-12)25(24(33)26-21)20-19(22(31)28(23(20)32)6-7-34-3)16(27-25)10-14-4-5-17(29)18(30)11-14/h4-5,8-9,11,16,19-20,27,29-30H,6-7,10H2,1-3H3,(H,26,33)/t16-,19-,20+,25-/m1/s1. The van der Waals surface area contributed by atoms with Gasteiger partial charge >= 0.3 is 0 Å². The Hall–Kier alpha value is -3.43. The minimum atomic E-state index is -1.38. The molecule has 2 saturated heterocycles. The number of aromatic hydroxyl groups is 2. The van der Waals surface area contributed by atoms with Crippen molar-refractivity contribution in [1.82, 2.24) is 10.2 Å². The minimum absolute atomic E-state index is 0.116. The van der Waals surface area contributed by atoms with Crippen LogP contribution in [-0.2, 0) is 31.1 Å². The number of anilines is 1. The number of phenolic OH excluding ortho intramolecular Hbond substituents is 2. The van der Waals surface area contributed by atoms with Crippen LogP contribution in [0.4, 0.5) is 5.69 Å². The summed E-state index contributed by atoms with van der Waals surface area (Å²) >= 11 is 0. The average molecular weight is 466 g/mol. The van der Waals surface area contributed by atoms with Gasteiger partial charge in [-0.3, -0.25) is 24.6 Å². The van der Waals surface area contributed by atoms with E-state index >= 15 is 0 Å². The maximum Gasteiger partial charge on any atom is 0.250 e. The van der Waals surface area contributed by atoms with E-state index in [9.17, 15) is 24.6 Å². The first-order chi connectivity index (χ1) is 16.2. The fourth-order valence-electron chi connectivity index (χ4n) is 5.85. The van der Waals surface area contributed by atoms with Gasteiger partial charge in [-0.05, 0) is 43.5 Å². The maximum atomic E-state index is 13.6. The van der Waals surface area contributed by atoms with Gasteiger partial charge in [-0.25, -0.2) is 0 Å². The Morgan fingerprint density at radius 1 is 1.06 bits per heavy atom. The molecule has 9 nitrogen and oxygen atoms in total. The zero-order chi connectivity index (χ0) is 24.4. The number of benzene rings is 2. The first-order valence-electron chi connectivity index (χ1n) is 11.2. The zero-order valence-corrected chi connectivity index (χ0v) is 19.2. The number of amides is 3. The molecular weight excluding hydrogens is 438 g/mol. The third-order valence-corrected chi connectivity index (χ3v) is 7.27. The molecule has 0 bridgehead atoms. The van der Waals surface area contributed by atoms with Gasteiger partial charge in [-0.2, -0.15) is 0 Å². The smallest absolute Gasteiger partial charge is 0.250 e. The number of nitrogens with zero attached hydrogens (tertiary/aromatic N) is 1. The molecule has 2 aromatic carbocycles. The molecule has 0 aromatic heterocycles. The van der Waals surface area contributed by atoms with Crippen LogP contribution in [0.15, 0.2) is 30.3 Å². The van der Waals surface area contributed by atoms with Gasteiger partial charge in [0.1, 0.15) is 5.54 Å². The lowest BCUT2D eigenvalue weighted by atomic mass is 9.75. The van der Waals surface area contributed by atoms with E-state index in [-0.39, 0.29) is 42.9 Å². The topological polar surface area (TPSA) is 128 Å². The lowest BCUT2D eigenvalue weighted by molar-refractivity contribution is -0.143. The van der Waals surface area contributed by atoms with Crippen LogP contribution in [0.2, 0.25) is 0 Å². The molecule has 3 amide bonds. The molecule has 2 aromatic rings. The van der Waals surface area contributed by atoms with Crippen LogP contribution in [0.3, 0.4) is 0 Å². The SMILES string of the molecule is COCCN1C(=O)[C@H]2[C@@H](C1=O)[C@@]1(N[C@@H]2Cc2ccc(O)c(O)c2)C(=O)Nc2c(C)cc(C)cc21. The van der Waals surface area contributed by atoms with Crippen LogP contribution in [0.1, 0.15) is 22.3 Å².